The molecule has 1 aromatic carbocycles. The van der Waals surface area contributed by atoms with Gasteiger partial charge in [-0.2, -0.15) is 0 Å². The highest BCUT2D eigenvalue weighted by Crippen LogP contribution is 2.38. The van der Waals surface area contributed by atoms with Crippen molar-refractivity contribution in [1.29, 1.82) is 0 Å². The average Bonchev–Trinajstić information content (AvgIpc) is 2.83. The van der Waals surface area contributed by atoms with Gasteiger partial charge in [0, 0.05) is 6.61 Å². The lowest BCUT2D eigenvalue weighted by atomic mass is 9.97. The van der Waals surface area contributed by atoms with Crippen molar-refractivity contribution in [2.24, 2.45) is 5.92 Å². The van der Waals surface area contributed by atoms with Crippen molar-refractivity contribution in [2.45, 2.75) is 24.8 Å². The van der Waals surface area contributed by atoms with Crippen molar-refractivity contribution in [2.75, 3.05) is 20.8 Å². The fraction of sp³-hybridized carbons (Fsp3) is 0.571. The minimum absolute atomic E-state index is 0.0739. The van der Waals surface area contributed by atoms with E-state index < -0.39 is 0 Å². The third kappa shape index (κ3) is 2.57. The summed E-state index contributed by atoms with van der Waals surface area (Å²) >= 11 is 6.51. The molecule has 1 aliphatic heterocycles. The number of hydrogen-bond acceptors (Lipinski definition) is 3. The fourth-order valence-corrected chi connectivity index (χ4v) is 2.76. The Morgan fingerprint density at radius 2 is 2.00 bits per heavy atom. The lowest BCUT2D eigenvalue weighted by Crippen LogP contribution is -2.19. The van der Waals surface area contributed by atoms with Gasteiger partial charge in [-0.1, -0.05) is 13.0 Å². The molecule has 0 N–H and O–H groups in total. The number of ether oxygens (including phenoxy) is 3. The molecule has 18 heavy (non-hydrogen) atoms. The minimum Gasteiger partial charge on any atom is -0.493 e. The van der Waals surface area contributed by atoms with Crippen LogP contribution in [0.15, 0.2) is 18.2 Å². The highest BCUT2D eigenvalue weighted by atomic mass is 35.5. The van der Waals surface area contributed by atoms with E-state index in [2.05, 4.69) is 6.92 Å². The number of halogens is 1. The molecule has 100 valence electrons. The first-order valence-electron chi connectivity index (χ1n) is 6.15. The molecule has 4 heteroatoms. The van der Waals surface area contributed by atoms with Crippen LogP contribution in [0.4, 0.5) is 0 Å². The highest BCUT2D eigenvalue weighted by molar-refractivity contribution is 6.21. The summed E-state index contributed by atoms with van der Waals surface area (Å²) in [6.45, 7) is 2.97. The van der Waals surface area contributed by atoms with E-state index >= 15 is 0 Å². The summed E-state index contributed by atoms with van der Waals surface area (Å²) in [6.07, 6.45) is 1.14. The van der Waals surface area contributed by atoms with Gasteiger partial charge in [-0.3, -0.25) is 0 Å². The summed E-state index contributed by atoms with van der Waals surface area (Å²) in [5.74, 6) is 1.90. The molecule has 0 radical (unpaired) electrons. The Morgan fingerprint density at radius 3 is 2.56 bits per heavy atom. The lowest BCUT2D eigenvalue weighted by molar-refractivity contribution is 0.0903. The second kappa shape index (κ2) is 5.81. The molecule has 1 fully saturated rings. The monoisotopic (exact) mass is 270 g/mol. The van der Waals surface area contributed by atoms with E-state index in [9.17, 15) is 0 Å². The van der Waals surface area contributed by atoms with Crippen LogP contribution in [0.3, 0.4) is 0 Å². The van der Waals surface area contributed by atoms with Crippen molar-refractivity contribution >= 4 is 11.6 Å². The maximum atomic E-state index is 6.51. The van der Waals surface area contributed by atoms with E-state index in [-0.39, 0.29) is 11.5 Å². The Morgan fingerprint density at radius 1 is 1.28 bits per heavy atom. The van der Waals surface area contributed by atoms with E-state index in [0.717, 1.165) is 18.6 Å². The molecule has 1 aliphatic rings. The van der Waals surface area contributed by atoms with Gasteiger partial charge in [-0.15, -0.1) is 11.6 Å². The van der Waals surface area contributed by atoms with E-state index in [1.165, 1.54) is 0 Å². The predicted octanol–water partition coefficient (Wildman–Crippen LogP) is 3.41. The molecule has 0 saturated carbocycles. The third-order valence-electron chi connectivity index (χ3n) is 3.46. The Balaban J connectivity index is 2.22. The molecule has 0 aliphatic carbocycles. The van der Waals surface area contributed by atoms with Gasteiger partial charge in [0.15, 0.2) is 11.5 Å². The summed E-state index contributed by atoms with van der Waals surface area (Å²) < 4.78 is 16.2. The maximum Gasteiger partial charge on any atom is 0.161 e. The first-order valence-corrected chi connectivity index (χ1v) is 6.58. The molecule has 0 amide bonds. The summed E-state index contributed by atoms with van der Waals surface area (Å²) in [7, 11) is 3.25. The van der Waals surface area contributed by atoms with Crippen LogP contribution in [-0.2, 0) is 4.74 Å². The second-order valence-electron chi connectivity index (χ2n) is 4.62. The van der Waals surface area contributed by atoms with Gasteiger partial charge in [-0.05, 0) is 30.0 Å². The van der Waals surface area contributed by atoms with Crippen molar-refractivity contribution in [3.05, 3.63) is 23.8 Å². The lowest BCUT2D eigenvalue weighted by Gasteiger charge is -2.21. The zero-order valence-electron chi connectivity index (χ0n) is 11.0. The van der Waals surface area contributed by atoms with Crippen LogP contribution in [-0.4, -0.2) is 26.9 Å². The number of rotatable bonds is 4. The molecule has 0 aromatic heterocycles. The minimum atomic E-state index is -0.151. The first-order chi connectivity index (χ1) is 8.67. The molecule has 3 nitrogen and oxygen atoms in total. The summed E-state index contributed by atoms with van der Waals surface area (Å²) in [6, 6.07) is 5.77. The quantitative estimate of drug-likeness (QED) is 0.785. The average molecular weight is 271 g/mol. The Hall–Kier alpha value is -0.930. The number of hydrogen-bond donors (Lipinski definition) is 0. The molecule has 3 atom stereocenters. The van der Waals surface area contributed by atoms with E-state index in [1.807, 2.05) is 18.2 Å². The van der Waals surface area contributed by atoms with Gasteiger partial charge >= 0.3 is 0 Å². The van der Waals surface area contributed by atoms with Crippen LogP contribution < -0.4 is 9.47 Å². The van der Waals surface area contributed by atoms with Gasteiger partial charge in [0.1, 0.15) is 0 Å². The third-order valence-corrected chi connectivity index (χ3v) is 3.96. The molecule has 2 rings (SSSR count). The second-order valence-corrected chi connectivity index (χ2v) is 5.09. The summed E-state index contributed by atoms with van der Waals surface area (Å²) in [4.78, 5) is 0. The topological polar surface area (TPSA) is 27.7 Å². The SMILES string of the molecule is COc1ccc(C(Cl)C2OCCC2C)cc1OC. The standard InChI is InChI=1S/C14H19ClO3/c1-9-6-7-18-14(9)13(15)10-4-5-11(16-2)12(8-10)17-3/h4-5,8-9,13-14H,6-7H2,1-3H3. The number of benzene rings is 1. The van der Waals surface area contributed by atoms with Crippen LogP contribution in [0.25, 0.3) is 0 Å². The molecule has 0 spiro atoms. The summed E-state index contributed by atoms with van der Waals surface area (Å²) in [5, 5.41) is -0.151. The molecular formula is C14H19ClO3. The predicted molar refractivity (Wildman–Crippen MR) is 71.7 cm³/mol. The molecule has 0 bridgehead atoms. The van der Waals surface area contributed by atoms with Crippen LogP contribution in [0.2, 0.25) is 0 Å². The largest absolute Gasteiger partial charge is 0.493 e. The number of methoxy groups -OCH3 is 2. The van der Waals surface area contributed by atoms with Crippen molar-refractivity contribution in [1.82, 2.24) is 0 Å². The van der Waals surface area contributed by atoms with Crippen LogP contribution in [0.1, 0.15) is 24.3 Å². The molecule has 3 unspecified atom stereocenters. The van der Waals surface area contributed by atoms with Crippen molar-refractivity contribution in [3.8, 4) is 11.5 Å². The van der Waals surface area contributed by atoms with Gasteiger partial charge in [0.25, 0.3) is 0 Å². The first kappa shape index (κ1) is 13.5. The highest BCUT2D eigenvalue weighted by Gasteiger charge is 2.32. The molecule has 1 heterocycles. The van der Waals surface area contributed by atoms with Crippen LogP contribution in [0, 0.1) is 5.92 Å². The molecule has 1 aromatic rings. The van der Waals surface area contributed by atoms with Crippen LogP contribution >= 0.6 is 11.6 Å². The van der Waals surface area contributed by atoms with Gasteiger partial charge in [0.05, 0.1) is 25.7 Å². The Bertz CT molecular complexity index is 408. The van der Waals surface area contributed by atoms with Crippen LogP contribution in [0.5, 0.6) is 11.5 Å². The Kier molecular flexibility index (Phi) is 4.36. The molecule has 1 saturated heterocycles. The van der Waals surface area contributed by atoms with Gasteiger partial charge in [-0.25, -0.2) is 0 Å². The smallest absolute Gasteiger partial charge is 0.161 e. The molecular weight excluding hydrogens is 252 g/mol. The van der Waals surface area contributed by atoms with E-state index in [0.29, 0.717) is 17.4 Å². The normalized spacial score (nSPS) is 24.9. The summed E-state index contributed by atoms with van der Waals surface area (Å²) in [5.41, 5.74) is 1.01. The van der Waals surface area contributed by atoms with E-state index in [4.69, 9.17) is 25.8 Å². The maximum absolute atomic E-state index is 6.51. The number of alkyl halides is 1. The van der Waals surface area contributed by atoms with E-state index in [1.54, 1.807) is 14.2 Å². The van der Waals surface area contributed by atoms with Crippen molar-refractivity contribution < 1.29 is 14.2 Å². The Labute approximate surface area is 113 Å². The van der Waals surface area contributed by atoms with Gasteiger partial charge in [0.2, 0.25) is 0 Å². The van der Waals surface area contributed by atoms with Crippen molar-refractivity contribution in [3.63, 3.8) is 0 Å². The zero-order chi connectivity index (χ0) is 13.1. The van der Waals surface area contributed by atoms with Gasteiger partial charge < -0.3 is 14.2 Å². The zero-order valence-corrected chi connectivity index (χ0v) is 11.7. The fourth-order valence-electron chi connectivity index (χ4n) is 2.31.